The maximum atomic E-state index is 13.9. The fourth-order valence-corrected chi connectivity index (χ4v) is 6.08. The van der Waals surface area contributed by atoms with Crippen molar-refractivity contribution in [2.24, 2.45) is 0 Å². The molecule has 222 valence electrons. The van der Waals surface area contributed by atoms with Crippen molar-refractivity contribution in [3.8, 4) is 11.8 Å². The maximum Gasteiger partial charge on any atom is 0.455 e. The number of nitrogens with zero attached hydrogens (tertiary/aromatic N) is 7. The molecule has 1 N–H and O–H groups in total. The Morgan fingerprint density at radius 1 is 1.16 bits per heavy atom. The van der Waals surface area contributed by atoms with E-state index in [0.29, 0.717) is 22.4 Å². The van der Waals surface area contributed by atoms with Crippen LogP contribution in [0.3, 0.4) is 0 Å². The Morgan fingerprint density at radius 3 is 2.58 bits per heavy atom. The van der Waals surface area contributed by atoms with Gasteiger partial charge in [-0.05, 0) is 77.9 Å². The van der Waals surface area contributed by atoms with Crippen LogP contribution in [0.15, 0.2) is 42.5 Å². The number of halogens is 4. The lowest BCUT2D eigenvalue weighted by Crippen LogP contribution is -2.38. The molecule has 0 spiro atoms. The highest BCUT2D eigenvalue weighted by Crippen LogP contribution is 2.27. The molecule has 10 nitrogen and oxygen atoms in total. The van der Waals surface area contributed by atoms with Crippen molar-refractivity contribution in [2.75, 3.05) is 11.5 Å². The summed E-state index contributed by atoms with van der Waals surface area (Å²) >= 11 is 8.24. The smallest absolute Gasteiger partial charge is 0.349 e. The van der Waals surface area contributed by atoms with Crippen molar-refractivity contribution >= 4 is 35.1 Å². The first kappa shape index (κ1) is 30.2. The second-order valence-electron chi connectivity index (χ2n) is 9.92. The summed E-state index contributed by atoms with van der Waals surface area (Å²) in [6.07, 6.45) is -3.33. The van der Waals surface area contributed by atoms with Gasteiger partial charge in [-0.15, -0.1) is 10.2 Å². The summed E-state index contributed by atoms with van der Waals surface area (Å²) in [4.78, 5) is 28.0. The van der Waals surface area contributed by atoms with E-state index in [1.165, 1.54) is 16.8 Å². The molecular formula is C28H24ClF3N8O2S. The van der Waals surface area contributed by atoms with E-state index in [1.54, 1.807) is 37.3 Å². The highest BCUT2D eigenvalue weighted by Gasteiger charge is 2.37. The van der Waals surface area contributed by atoms with E-state index in [2.05, 4.69) is 31.9 Å². The standard InChI is InChI=1S/C28H24ClF3N8O2S/c1-16-10-17(14-33)11-21(26(42)34-18-6-8-43-9-7-18)20(16)13-25(41)24-12-19(15-39-37-27(35-38-39)28(30,31)32)36-40(24)23-5-3-2-4-22(23)29/h2-5,10-12,18H,6-9,13,15H2,1H3,(H,34,42). The molecule has 5 rings (SSSR count). The molecular weight excluding hydrogens is 605 g/mol. The Balaban J connectivity index is 1.50. The fourth-order valence-electron chi connectivity index (χ4n) is 4.76. The zero-order chi connectivity index (χ0) is 30.7. The highest BCUT2D eigenvalue weighted by molar-refractivity contribution is 7.99. The molecule has 1 aliphatic heterocycles. The third-order valence-electron chi connectivity index (χ3n) is 6.88. The minimum absolute atomic E-state index is 0.00387. The Bertz CT molecular complexity index is 1720. The minimum atomic E-state index is -4.77. The van der Waals surface area contributed by atoms with Gasteiger partial charge >= 0.3 is 6.18 Å². The highest BCUT2D eigenvalue weighted by atomic mass is 35.5. The third-order valence-corrected chi connectivity index (χ3v) is 8.25. The number of rotatable bonds is 8. The summed E-state index contributed by atoms with van der Waals surface area (Å²) in [5.74, 6) is -0.328. The Morgan fingerprint density at radius 2 is 1.91 bits per heavy atom. The largest absolute Gasteiger partial charge is 0.455 e. The van der Waals surface area contributed by atoms with E-state index in [0.717, 1.165) is 29.1 Å². The van der Waals surface area contributed by atoms with Gasteiger partial charge in [0.05, 0.1) is 28.0 Å². The summed E-state index contributed by atoms with van der Waals surface area (Å²) < 4.78 is 40.3. The summed E-state index contributed by atoms with van der Waals surface area (Å²) in [5.41, 5.74) is 2.20. The molecule has 4 aromatic rings. The van der Waals surface area contributed by atoms with Gasteiger partial charge in [-0.1, -0.05) is 23.7 Å². The molecule has 0 unspecified atom stereocenters. The fraction of sp³-hybridized carbons (Fsp3) is 0.321. The number of amides is 1. The Kier molecular flexibility index (Phi) is 8.84. The van der Waals surface area contributed by atoms with Gasteiger partial charge in [0.2, 0.25) is 0 Å². The van der Waals surface area contributed by atoms with E-state index >= 15 is 0 Å². The lowest BCUT2D eigenvalue weighted by Gasteiger charge is -2.23. The Hall–Kier alpha value is -4.22. The molecule has 0 bridgehead atoms. The van der Waals surface area contributed by atoms with Gasteiger partial charge in [0.15, 0.2) is 5.78 Å². The van der Waals surface area contributed by atoms with Crippen LogP contribution in [0.25, 0.3) is 5.69 Å². The van der Waals surface area contributed by atoms with Crippen molar-refractivity contribution in [3.63, 3.8) is 0 Å². The zero-order valence-electron chi connectivity index (χ0n) is 22.7. The van der Waals surface area contributed by atoms with Gasteiger partial charge in [0.1, 0.15) is 12.2 Å². The van der Waals surface area contributed by atoms with Gasteiger partial charge in [-0.3, -0.25) is 9.59 Å². The minimum Gasteiger partial charge on any atom is -0.349 e. The molecule has 0 atom stereocenters. The van der Waals surface area contributed by atoms with Crippen molar-refractivity contribution in [1.82, 2.24) is 35.3 Å². The number of Topliss-reactive ketones (excluding diaryl/α,β-unsaturated/α-hetero) is 1. The number of para-hydroxylation sites is 1. The first-order valence-electron chi connectivity index (χ1n) is 13.2. The second-order valence-corrected chi connectivity index (χ2v) is 11.5. The quantitative estimate of drug-likeness (QED) is 0.275. The summed E-state index contributed by atoms with van der Waals surface area (Å²) in [6, 6.07) is 13.2. The number of hydrogen-bond donors (Lipinski definition) is 1. The summed E-state index contributed by atoms with van der Waals surface area (Å²) in [5, 5.41) is 27.2. The molecule has 43 heavy (non-hydrogen) atoms. The number of carbonyl (C=O) groups is 2. The predicted octanol–water partition coefficient (Wildman–Crippen LogP) is 4.81. The molecule has 2 aromatic heterocycles. The van der Waals surface area contributed by atoms with Crippen LogP contribution >= 0.6 is 23.4 Å². The number of hydrogen-bond acceptors (Lipinski definition) is 8. The first-order chi connectivity index (χ1) is 20.5. The van der Waals surface area contributed by atoms with Crippen molar-refractivity contribution in [2.45, 2.75) is 44.9 Å². The van der Waals surface area contributed by atoms with Crippen LogP contribution in [0.2, 0.25) is 5.02 Å². The molecule has 1 amide bonds. The van der Waals surface area contributed by atoms with E-state index in [4.69, 9.17) is 11.6 Å². The average Bonchev–Trinajstić information content (AvgIpc) is 3.62. The zero-order valence-corrected chi connectivity index (χ0v) is 24.3. The topological polar surface area (TPSA) is 131 Å². The number of alkyl halides is 3. The van der Waals surface area contributed by atoms with Crippen LogP contribution < -0.4 is 5.32 Å². The van der Waals surface area contributed by atoms with Crippen molar-refractivity contribution < 1.29 is 22.8 Å². The SMILES string of the molecule is Cc1cc(C#N)cc(C(=O)NC2CCSCC2)c1CC(=O)c1cc(Cn2nnc(C(F)(F)F)n2)nn1-c1ccccc1Cl. The molecule has 15 heteroatoms. The number of aryl methyl sites for hydroxylation is 1. The van der Waals surface area contributed by atoms with E-state index in [1.807, 2.05) is 11.8 Å². The molecule has 0 radical (unpaired) electrons. The Labute approximate surface area is 253 Å². The number of nitrogens with one attached hydrogen (secondary N) is 1. The molecule has 0 saturated carbocycles. The van der Waals surface area contributed by atoms with Crippen LogP contribution in [0, 0.1) is 18.3 Å². The van der Waals surface area contributed by atoms with Crippen LogP contribution in [-0.4, -0.2) is 59.2 Å². The van der Waals surface area contributed by atoms with Gasteiger partial charge in [-0.25, -0.2) is 4.68 Å². The lowest BCUT2D eigenvalue weighted by molar-refractivity contribution is -0.145. The third kappa shape index (κ3) is 6.89. The van der Waals surface area contributed by atoms with Crippen LogP contribution in [0.5, 0.6) is 0 Å². The maximum absolute atomic E-state index is 13.9. The predicted molar refractivity (Wildman–Crippen MR) is 152 cm³/mol. The van der Waals surface area contributed by atoms with Gasteiger partial charge in [0, 0.05) is 18.0 Å². The summed E-state index contributed by atoms with van der Waals surface area (Å²) in [6.45, 7) is 1.42. The van der Waals surface area contributed by atoms with Gasteiger partial charge < -0.3 is 5.32 Å². The number of tetrazole rings is 1. The molecule has 2 aromatic carbocycles. The molecule has 1 aliphatic rings. The number of benzene rings is 2. The number of aromatic nitrogens is 6. The lowest BCUT2D eigenvalue weighted by atomic mass is 9.93. The van der Waals surface area contributed by atoms with Crippen LogP contribution in [-0.2, 0) is 19.1 Å². The van der Waals surface area contributed by atoms with E-state index in [9.17, 15) is 28.0 Å². The van der Waals surface area contributed by atoms with Crippen LogP contribution in [0.1, 0.15) is 61.9 Å². The molecule has 1 saturated heterocycles. The number of carbonyl (C=O) groups excluding carboxylic acids is 2. The van der Waals surface area contributed by atoms with Gasteiger partial charge in [0.25, 0.3) is 11.7 Å². The van der Waals surface area contributed by atoms with Crippen LogP contribution in [0.4, 0.5) is 13.2 Å². The second kappa shape index (κ2) is 12.6. The molecule has 1 fully saturated rings. The monoisotopic (exact) mass is 628 g/mol. The first-order valence-corrected chi connectivity index (χ1v) is 14.7. The number of ketones is 1. The molecule has 0 aliphatic carbocycles. The van der Waals surface area contributed by atoms with E-state index in [-0.39, 0.29) is 46.9 Å². The van der Waals surface area contributed by atoms with Crippen molar-refractivity contribution in [3.05, 3.63) is 87.0 Å². The summed E-state index contributed by atoms with van der Waals surface area (Å²) in [7, 11) is 0. The average molecular weight is 629 g/mol. The molecule has 3 heterocycles. The number of nitriles is 1. The van der Waals surface area contributed by atoms with E-state index < -0.39 is 17.8 Å². The number of thioether (sulfide) groups is 1. The van der Waals surface area contributed by atoms with Gasteiger partial charge in [-0.2, -0.15) is 40.1 Å². The van der Waals surface area contributed by atoms with Crippen molar-refractivity contribution in [1.29, 1.82) is 5.26 Å². The normalized spacial score (nSPS) is 14.0.